The zero-order valence-corrected chi connectivity index (χ0v) is 17.3. The number of carbonyl (C=O) groups is 1. The lowest BCUT2D eigenvalue weighted by atomic mass is 9.97. The van der Waals surface area contributed by atoms with Gasteiger partial charge in [0.25, 0.3) is 11.2 Å². The van der Waals surface area contributed by atoms with E-state index in [2.05, 4.69) is 10.3 Å². The zero-order chi connectivity index (χ0) is 20.5. The molecule has 2 aromatic heterocycles. The standard InChI is InChI=1S/C19H18N4O4S2/c1-22-18(25)16-13-7-2-3-8-14(13)29-17(16)21-19(22)28-10-15(24)20-11-5-4-6-12(9-11)23(26)27/h4-6,9H,2-3,7-8,10H2,1H3,(H,20,24). The number of nitrogens with zero attached hydrogens (tertiary/aromatic N) is 3. The molecule has 150 valence electrons. The van der Waals surface area contributed by atoms with E-state index in [0.29, 0.717) is 10.8 Å². The topological polar surface area (TPSA) is 107 Å². The lowest BCUT2D eigenvalue weighted by molar-refractivity contribution is -0.384. The van der Waals surface area contributed by atoms with E-state index in [0.717, 1.165) is 41.5 Å². The summed E-state index contributed by atoms with van der Waals surface area (Å²) < 4.78 is 1.50. The minimum Gasteiger partial charge on any atom is -0.325 e. The van der Waals surface area contributed by atoms with E-state index in [1.165, 1.54) is 39.4 Å². The maximum atomic E-state index is 12.9. The number of thiophene rings is 1. The Bertz CT molecular complexity index is 1180. The van der Waals surface area contributed by atoms with Crippen LogP contribution in [0.1, 0.15) is 23.3 Å². The van der Waals surface area contributed by atoms with Gasteiger partial charge in [0, 0.05) is 29.7 Å². The molecule has 0 spiro atoms. The molecule has 0 unspecified atom stereocenters. The molecule has 0 radical (unpaired) electrons. The molecule has 10 heteroatoms. The van der Waals surface area contributed by atoms with E-state index in [9.17, 15) is 19.7 Å². The van der Waals surface area contributed by atoms with Crippen LogP contribution in [0, 0.1) is 10.1 Å². The van der Waals surface area contributed by atoms with Gasteiger partial charge < -0.3 is 5.32 Å². The van der Waals surface area contributed by atoms with Crippen molar-refractivity contribution in [3.63, 3.8) is 0 Å². The molecular weight excluding hydrogens is 412 g/mol. The fourth-order valence-corrected chi connectivity index (χ4v) is 5.50. The summed E-state index contributed by atoms with van der Waals surface area (Å²) in [6, 6.07) is 5.77. The Kier molecular flexibility index (Phi) is 5.37. The Morgan fingerprint density at radius 2 is 2.17 bits per heavy atom. The predicted molar refractivity (Wildman–Crippen MR) is 114 cm³/mol. The van der Waals surface area contributed by atoms with Gasteiger partial charge >= 0.3 is 0 Å². The number of hydrogen-bond donors (Lipinski definition) is 1. The Morgan fingerprint density at radius 1 is 1.38 bits per heavy atom. The van der Waals surface area contributed by atoms with Gasteiger partial charge in [-0.1, -0.05) is 17.8 Å². The van der Waals surface area contributed by atoms with Crippen molar-refractivity contribution in [3.8, 4) is 0 Å². The number of anilines is 1. The van der Waals surface area contributed by atoms with Crippen LogP contribution < -0.4 is 10.9 Å². The minimum atomic E-state index is -0.514. The summed E-state index contributed by atoms with van der Waals surface area (Å²) in [6.45, 7) is 0. The molecule has 1 aliphatic carbocycles. The van der Waals surface area contributed by atoms with Crippen molar-refractivity contribution in [2.24, 2.45) is 7.05 Å². The van der Waals surface area contributed by atoms with Gasteiger partial charge in [0.05, 0.1) is 16.1 Å². The third-order valence-electron chi connectivity index (χ3n) is 4.83. The summed E-state index contributed by atoms with van der Waals surface area (Å²) in [7, 11) is 1.67. The number of rotatable bonds is 5. The average Bonchev–Trinajstić information content (AvgIpc) is 3.08. The lowest BCUT2D eigenvalue weighted by Crippen LogP contribution is -2.22. The number of fused-ring (bicyclic) bond motifs is 3. The fraction of sp³-hybridized carbons (Fsp3) is 0.316. The molecule has 0 saturated heterocycles. The van der Waals surface area contributed by atoms with Crippen LogP contribution in [0.15, 0.2) is 34.2 Å². The highest BCUT2D eigenvalue weighted by Gasteiger charge is 2.21. The number of nitro benzene ring substituents is 1. The number of non-ortho nitro benzene ring substituents is 1. The van der Waals surface area contributed by atoms with Gasteiger partial charge in [0.15, 0.2) is 5.16 Å². The third-order valence-corrected chi connectivity index (χ3v) is 7.04. The Balaban J connectivity index is 1.52. The molecule has 8 nitrogen and oxygen atoms in total. The second-order valence-corrected chi connectivity index (χ2v) is 8.82. The van der Waals surface area contributed by atoms with Crippen molar-refractivity contribution in [2.45, 2.75) is 30.8 Å². The molecular formula is C19H18N4O4S2. The molecule has 0 atom stereocenters. The number of aromatic nitrogens is 2. The lowest BCUT2D eigenvalue weighted by Gasteiger charge is -2.11. The van der Waals surface area contributed by atoms with E-state index in [4.69, 9.17) is 0 Å². The first kappa shape index (κ1) is 19.6. The third kappa shape index (κ3) is 3.90. The van der Waals surface area contributed by atoms with Crippen molar-refractivity contribution in [2.75, 3.05) is 11.1 Å². The smallest absolute Gasteiger partial charge is 0.271 e. The SMILES string of the molecule is Cn1c(SCC(=O)Nc2cccc([N+](=O)[O-])c2)nc2sc3c(c2c1=O)CCCC3. The van der Waals surface area contributed by atoms with Gasteiger partial charge in [-0.15, -0.1) is 11.3 Å². The van der Waals surface area contributed by atoms with Crippen molar-refractivity contribution < 1.29 is 9.72 Å². The van der Waals surface area contributed by atoms with Gasteiger partial charge in [-0.25, -0.2) is 4.98 Å². The second kappa shape index (κ2) is 7.96. The first-order chi connectivity index (χ1) is 13.9. The van der Waals surface area contributed by atoms with E-state index < -0.39 is 4.92 Å². The first-order valence-electron chi connectivity index (χ1n) is 9.12. The van der Waals surface area contributed by atoms with Crippen LogP contribution in [0.5, 0.6) is 0 Å². The second-order valence-electron chi connectivity index (χ2n) is 6.79. The van der Waals surface area contributed by atoms with Crippen LogP contribution in [0.25, 0.3) is 10.2 Å². The van der Waals surface area contributed by atoms with Crippen LogP contribution in [0.4, 0.5) is 11.4 Å². The van der Waals surface area contributed by atoms with Gasteiger partial charge in [-0.3, -0.25) is 24.3 Å². The molecule has 0 fully saturated rings. The minimum absolute atomic E-state index is 0.0412. The number of carbonyl (C=O) groups excluding carboxylic acids is 1. The number of amides is 1. The van der Waals surface area contributed by atoms with Crippen LogP contribution in [-0.2, 0) is 24.7 Å². The maximum Gasteiger partial charge on any atom is 0.271 e. The molecule has 0 saturated carbocycles. The summed E-state index contributed by atoms with van der Waals surface area (Å²) in [5, 5.41) is 14.7. The summed E-state index contributed by atoms with van der Waals surface area (Å²) in [5.74, 6) is -0.283. The average molecular weight is 431 g/mol. The molecule has 0 aliphatic heterocycles. The summed E-state index contributed by atoms with van der Waals surface area (Å²) in [4.78, 5) is 42.1. The summed E-state index contributed by atoms with van der Waals surface area (Å²) in [6.07, 6.45) is 4.15. The number of hydrogen-bond acceptors (Lipinski definition) is 7. The molecule has 29 heavy (non-hydrogen) atoms. The Hall–Kier alpha value is -2.72. The van der Waals surface area contributed by atoms with E-state index in [1.54, 1.807) is 24.5 Å². The molecule has 0 bridgehead atoms. The molecule has 4 rings (SSSR count). The van der Waals surface area contributed by atoms with Crippen molar-refractivity contribution in [3.05, 3.63) is 55.2 Å². The Labute approximate surface area is 174 Å². The number of aryl methyl sites for hydroxylation is 2. The maximum absolute atomic E-state index is 12.9. The van der Waals surface area contributed by atoms with Crippen LogP contribution in [0.3, 0.4) is 0 Å². The van der Waals surface area contributed by atoms with Crippen LogP contribution in [0.2, 0.25) is 0 Å². The molecule has 3 aromatic rings. The highest BCUT2D eigenvalue weighted by Crippen LogP contribution is 2.34. The zero-order valence-electron chi connectivity index (χ0n) is 15.6. The quantitative estimate of drug-likeness (QED) is 0.287. The highest BCUT2D eigenvalue weighted by molar-refractivity contribution is 7.99. The molecule has 1 aromatic carbocycles. The van der Waals surface area contributed by atoms with Crippen molar-refractivity contribution in [1.82, 2.24) is 9.55 Å². The van der Waals surface area contributed by atoms with E-state index >= 15 is 0 Å². The summed E-state index contributed by atoms with van der Waals surface area (Å²) >= 11 is 2.75. The Morgan fingerprint density at radius 3 is 2.97 bits per heavy atom. The van der Waals surface area contributed by atoms with Crippen molar-refractivity contribution in [1.29, 1.82) is 0 Å². The molecule has 2 heterocycles. The highest BCUT2D eigenvalue weighted by atomic mass is 32.2. The number of benzene rings is 1. The van der Waals surface area contributed by atoms with Gasteiger partial charge in [-0.05, 0) is 37.3 Å². The van der Waals surface area contributed by atoms with Gasteiger partial charge in [-0.2, -0.15) is 0 Å². The largest absolute Gasteiger partial charge is 0.325 e. The first-order valence-corrected chi connectivity index (χ1v) is 10.9. The monoisotopic (exact) mass is 430 g/mol. The van der Waals surface area contributed by atoms with Gasteiger partial charge in [0.2, 0.25) is 5.91 Å². The van der Waals surface area contributed by atoms with E-state index in [-0.39, 0.29) is 22.9 Å². The summed E-state index contributed by atoms with van der Waals surface area (Å²) in [5.41, 5.74) is 1.33. The van der Waals surface area contributed by atoms with Crippen molar-refractivity contribution >= 4 is 50.6 Å². The number of nitrogens with one attached hydrogen (secondary N) is 1. The van der Waals surface area contributed by atoms with Crippen LogP contribution in [-0.4, -0.2) is 26.1 Å². The van der Waals surface area contributed by atoms with Gasteiger partial charge in [0.1, 0.15) is 4.83 Å². The normalized spacial score (nSPS) is 13.3. The molecule has 1 amide bonds. The van der Waals surface area contributed by atoms with Crippen LogP contribution >= 0.6 is 23.1 Å². The predicted octanol–water partition coefficient (Wildman–Crippen LogP) is 3.51. The van der Waals surface area contributed by atoms with E-state index in [1.807, 2.05) is 0 Å². The molecule has 1 N–H and O–H groups in total. The fourth-order valence-electron chi connectivity index (χ4n) is 3.42. The number of thioether (sulfide) groups is 1. The number of nitro groups is 1. The molecule has 1 aliphatic rings.